The molecule has 0 aromatic carbocycles. The quantitative estimate of drug-likeness (QED) is 0.189. The number of aldehydes is 1. The maximum atomic E-state index is 10.4. The summed E-state index contributed by atoms with van der Waals surface area (Å²) in [7, 11) is 1.28. The molecule has 0 N–H and O–H groups in total. The van der Waals surface area contributed by atoms with Crippen molar-refractivity contribution in [2.24, 2.45) is 0 Å². The van der Waals surface area contributed by atoms with Gasteiger partial charge in [-0.15, -0.1) is 0 Å². The van der Waals surface area contributed by atoms with E-state index in [0.717, 1.165) is 12.4 Å². The van der Waals surface area contributed by atoms with Gasteiger partial charge in [0, 0.05) is 6.42 Å². The Hall–Kier alpha value is -1.32. The van der Waals surface area contributed by atoms with Gasteiger partial charge in [-0.2, -0.15) is 0 Å². The van der Waals surface area contributed by atoms with Crippen LogP contribution in [0.1, 0.15) is 6.42 Å². The lowest BCUT2D eigenvalue weighted by molar-refractivity contribution is -0.135. The Kier molecular flexibility index (Phi) is 5.98. The number of ether oxygens (including phenoxy) is 2. The van der Waals surface area contributed by atoms with Crippen LogP contribution < -0.4 is 0 Å². The first-order chi connectivity index (χ1) is 5.31. The fourth-order valence-electron chi connectivity index (χ4n) is 0.356. The van der Waals surface area contributed by atoms with E-state index in [2.05, 4.69) is 4.74 Å². The van der Waals surface area contributed by atoms with Crippen LogP contribution in [0.2, 0.25) is 0 Å². The summed E-state index contributed by atoms with van der Waals surface area (Å²) in [5, 5.41) is 0. The maximum absolute atomic E-state index is 10.4. The van der Waals surface area contributed by atoms with Crippen LogP contribution in [-0.4, -0.2) is 26.0 Å². The molecule has 4 heteroatoms. The van der Waals surface area contributed by atoms with Crippen molar-refractivity contribution in [3.8, 4) is 0 Å². The van der Waals surface area contributed by atoms with Gasteiger partial charge in [0.2, 0.25) is 0 Å². The minimum Gasteiger partial charge on any atom is -0.500 e. The monoisotopic (exact) mass is 158 g/mol. The first-order valence-electron chi connectivity index (χ1n) is 3.11. The molecule has 0 heterocycles. The van der Waals surface area contributed by atoms with Crippen molar-refractivity contribution >= 4 is 12.3 Å². The van der Waals surface area contributed by atoms with Crippen LogP contribution >= 0.6 is 0 Å². The van der Waals surface area contributed by atoms with Gasteiger partial charge in [-0.25, -0.2) is 4.79 Å². The van der Waals surface area contributed by atoms with Crippen molar-refractivity contribution in [3.05, 3.63) is 12.3 Å². The van der Waals surface area contributed by atoms with E-state index in [4.69, 9.17) is 4.74 Å². The van der Waals surface area contributed by atoms with Gasteiger partial charge in [-0.3, -0.25) is 0 Å². The fourth-order valence-corrected chi connectivity index (χ4v) is 0.356. The van der Waals surface area contributed by atoms with Crippen molar-refractivity contribution in [3.63, 3.8) is 0 Å². The van der Waals surface area contributed by atoms with Crippen LogP contribution in [0.15, 0.2) is 12.3 Å². The fraction of sp³-hybridized carbons (Fsp3) is 0.429. The highest BCUT2D eigenvalue weighted by Gasteiger charge is 1.88. The Labute approximate surface area is 64.8 Å². The predicted octanol–water partition coefficient (Wildman–Crippen LogP) is 0.279. The molecule has 62 valence electrons. The molecule has 0 amide bonds. The highest BCUT2D eigenvalue weighted by atomic mass is 16.5. The molecule has 0 aliphatic heterocycles. The van der Waals surface area contributed by atoms with Crippen molar-refractivity contribution in [1.29, 1.82) is 0 Å². The zero-order valence-electron chi connectivity index (χ0n) is 6.28. The number of methoxy groups -OCH3 is 1. The number of hydrogen-bond acceptors (Lipinski definition) is 4. The first kappa shape index (κ1) is 9.68. The summed E-state index contributed by atoms with van der Waals surface area (Å²) < 4.78 is 9.02. The van der Waals surface area contributed by atoms with E-state index in [1.54, 1.807) is 0 Å². The van der Waals surface area contributed by atoms with E-state index in [0.29, 0.717) is 6.42 Å². The third-order valence-corrected chi connectivity index (χ3v) is 0.855. The molecule has 0 fully saturated rings. The van der Waals surface area contributed by atoms with Crippen LogP contribution in [0.4, 0.5) is 0 Å². The average molecular weight is 158 g/mol. The molecule has 0 aliphatic carbocycles. The topological polar surface area (TPSA) is 52.6 Å². The number of carbonyl (C=O) groups excluding carboxylic acids is 2. The van der Waals surface area contributed by atoms with E-state index in [1.165, 1.54) is 13.4 Å². The van der Waals surface area contributed by atoms with Gasteiger partial charge in [0.15, 0.2) is 0 Å². The number of esters is 1. The lowest BCUT2D eigenvalue weighted by atomic mass is 10.5. The summed E-state index contributed by atoms with van der Waals surface area (Å²) in [4.78, 5) is 20.1. The van der Waals surface area contributed by atoms with Gasteiger partial charge >= 0.3 is 5.97 Å². The summed E-state index contributed by atoms with van der Waals surface area (Å²) in [5.74, 6) is -0.476. The lowest BCUT2D eigenvalue weighted by Gasteiger charge is -1.93. The normalized spacial score (nSPS) is 9.55. The molecule has 0 saturated heterocycles. The van der Waals surface area contributed by atoms with E-state index in [1.807, 2.05) is 0 Å². The second-order valence-corrected chi connectivity index (χ2v) is 1.65. The minimum absolute atomic E-state index is 0.289. The van der Waals surface area contributed by atoms with Crippen molar-refractivity contribution in [2.75, 3.05) is 13.7 Å². The summed E-state index contributed by atoms with van der Waals surface area (Å²) in [6, 6.07) is 0. The molecule has 0 aliphatic rings. The largest absolute Gasteiger partial charge is 0.500 e. The molecule has 0 saturated carbocycles. The van der Waals surface area contributed by atoms with Crippen molar-refractivity contribution < 1.29 is 19.1 Å². The van der Waals surface area contributed by atoms with E-state index < -0.39 is 5.97 Å². The van der Waals surface area contributed by atoms with Crippen LogP contribution in [0, 0.1) is 0 Å². The molecule has 4 nitrogen and oxygen atoms in total. The lowest BCUT2D eigenvalue weighted by Crippen LogP contribution is -1.95. The molecule has 0 unspecified atom stereocenters. The second-order valence-electron chi connectivity index (χ2n) is 1.65. The molecule has 0 atom stereocenters. The summed E-state index contributed by atoms with van der Waals surface area (Å²) in [6.07, 6.45) is 3.41. The number of rotatable bonds is 5. The molecular weight excluding hydrogens is 148 g/mol. The zero-order valence-corrected chi connectivity index (χ0v) is 6.28. The third-order valence-electron chi connectivity index (χ3n) is 0.855. The number of hydrogen-bond donors (Lipinski definition) is 0. The predicted molar refractivity (Wildman–Crippen MR) is 37.8 cm³/mol. The Morgan fingerprint density at radius 2 is 2.27 bits per heavy atom. The molecule has 0 radical (unpaired) electrons. The Bertz CT molecular complexity index is 151. The highest BCUT2D eigenvalue weighted by Crippen LogP contribution is 1.82. The SMILES string of the molecule is COC(=O)/C=C/OCCC=O. The van der Waals surface area contributed by atoms with Crippen LogP contribution in [0.5, 0.6) is 0 Å². The Morgan fingerprint density at radius 1 is 1.55 bits per heavy atom. The van der Waals surface area contributed by atoms with Gasteiger partial charge in [-0.05, 0) is 0 Å². The summed E-state index contributed by atoms with van der Waals surface area (Å²) in [6.45, 7) is 0.289. The maximum Gasteiger partial charge on any atom is 0.333 e. The van der Waals surface area contributed by atoms with Gasteiger partial charge in [0.25, 0.3) is 0 Å². The van der Waals surface area contributed by atoms with Crippen LogP contribution in [-0.2, 0) is 19.1 Å². The van der Waals surface area contributed by atoms with Crippen LogP contribution in [0.25, 0.3) is 0 Å². The van der Waals surface area contributed by atoms with E-state index in [-0.39, 0.29) is 6.61 Å². The second kappa shape index (κ2) is 6.80. The van der Waals surface area contributed by atoms with Crippen molar-refractivity contribution in [2.45, 2.75) is 6.42 Å². The summed E-state index contributed by atoms with van der Waals surface area (Å²) in [5.41, 5.74) is 0. The molecule has 0 spiro atoms. The average Bonchev–Trinajstić information content (AvgIpc) is 2.04. The molecular formula is C7H10O4. The molecule has 11 heavy (non-hydrogen) atoms. The molecule has 0 aromatic heterocycles. The third kappa shape index (κ3) is 6.57. The Morgan fingerprint density at radius 3 is 2.82 bits per heavy atom. The van der Waals surface area contributed by atoms with E-state index >= 15 is 0 Å². The minimum atomic E-state index is -0.476. The Balaban J connectivity index is 3.29. The number of carbonyl (C=O) groups is 2. The molecule has 0 aromatic rings. The van der Waals surface area contributed by atoms with Gasteiger partial charge in [0.05, 0.1) is 26.1 Å². The molecule has 0 bridgehead atoms. The van der Waals surface area contributed by atoms with E-state index in [9.17, 15) is 9.59 Å². The summed E-state index contributed by atoms with van der Waals surface area (Å²) >= 11 is 0. The highest BCUT2D eigenvalue weighted by molar-refractivity contribution is 5.81. The van der Waals surface area contributed by atoms with Gasteiger partial charge < -0.3 is 14.3 Å². The van der Waals surface area contributed by atoms with Crippen molar-refractivity contribution in [1.82, 2.24) is 0 Å². The van der Waals surface area contributed by atoms with Gasteiger partial charge in [0.1, 0.15) is 6.29 Å². The molecule has 0 rings (SSSR count). The standard InChI is InChI=1S/C7H10O4/c1-10-7(9)3-6-11-5-2-4-8/h3-4,6H,2,5H2,1H3/b6-3+. The first-order valence-corrected chi connectivity index (χ1v) is 3.11. The van der Waals surface area contributed by atoms with Crippen LogP contribution in [0.3, 0.4) is 0 Å². The van der Waals surface area contributed by atoms with Gasteiger partial charge in [-0.1, -0.05) is 0 Å². The smallest absolute Gasteiger partial charge is 0.333 e. The zero-order chi connectivity index (χ0) is 8.53.